The molecule has 0 aliphatic heterocycles. The molecule has 1 unspecified atom stereocenters. The molecule has 7 heteroatoms. The Morgan fingerprint density at radius 2 is 1.93 bits per heavy atom. The third kappa shape index (κ3) is 4.58. The maximum Gasteiger partial charge on any atom is 0.338 e. The lowest BCUT2D eigenvalue weighted by Gasteiger charge is -2.15. The molecule has 6 nitrogen and oxygen atoms in total. The molecular weight excluding hydrogens is 380 g/mol. The van der Waals surface area contributed by atoms with Crippen LogP contribution in [0.1, 0.15) is 22.8 Å². The number of hydrogen-bond donors (Lipinski definition) is 1. The van der Waals surface area contributed by atoms with E-state index in [1.54, 1.807) is 37.4 Å². The molecule has 0 fully saturated rings. The molecule has 1 atom stereocenters. The quantitative estimate of drug-likeness (QED) is 0.505. The minimum atomic E-state index is -0.943. The third-order valence-corrected chi connectivity index (χ3v) is 4.40. The van der Waals surface area contributed by atoms with Gasteiger partial charge in [-0.05, 0) is 43.3 Å². The van der Waals surface area contributed by atoms with Crippen LogP contribution in [-0.4, -0.2) is 30.1 Å². The molecule has 28 heavy (non-hydrogen) atoms. The first kappa shape index (κ1) is 19.6. The van der Waals surface area contributed by atoms with Crippen LogP contribution in [0.3, 0.4) is 0 Å². The van der Waals surface area contributed by atoms with E-state index in [0.717, 1.165) is 10.9 Å². The summed E-state index contributed by atoms with van der Waals surface area (Å²) in [5, 5.41) is 3.88. The highest BCUT2D eigenvalue weighted by Gasteiger charge is 2.19. The van der Waals surface area contributed by atoms with Crippen molar-refractivity contribution in [2.75, 3.05) is 7.11 Å². The van der Waals surface area contributed by atoms with E-state index in [2.05, 4.69) is 10.3 Å². The lowest BCUT2D eigenvalue weighted by Crippen LogP contribution is -2.35. The number of benzene rings is 2. The number of ether oxygens (including phenoxy) is 2. The minimum Gasteiger partial charge on any atom is -0.496 e. The SMILES string of the molecule is COc1ccccc1CNC(=O)C(C)OC(=O)c1ccc2nc(Cl)ccc2c1. The largest absolute Gasteiger partial charge is 0.496 e. The lowest BCUT2D eigenvalue weighted by atomic mass is 10.1. The Labute approximate surface area is 167 Å². The monoisotopic (exact) mass is 398 g/mol. The van der Waals surface area contributed by atoms with E-state index in [0.29, 0.717) is 22.0 Å². The number of halogens is 1. The Balaban J connectivity index is 1.61. The molecule has 3 aromatic rings. The number of hydrogen-bond acceptors (Lipinski definition) is 5. The van der Waals surface area contributed by atoms with Gasteiger partial charge in [-0.1, -0.05) is 29.8 Å². The number of carbonyl (C=O) groups is 2. The van der Waals surface area contributed by atoms with Gasteiger partial charge >= 0.3 is 5.97 Å². The average molecular weight is 399 g/mol. The van der Waals surface area contributed by atoms with Crippen molar-refractivity contribution in [3.8, 4) is 5.75 Å². The molecule has 1 aromatic heterocycles. The topological polar surface area (TPSA) is 77.5 Å². The molecule has 1 N–H and O–H groups in total. The predicted molar refractivity (Wildman–Crippen MR) is 106 cm³/mol. The highest BCUT2D eigenvalue weighted by atomic mass is 35.5. The molecule has 0 bridgehead atoms. The third-order valence-electron chi connectivity index (χ3n) is 4.19. The number of carbonyl (C=O) groups excluding carboxylic acids is 2. The van der Waals surface area contributed by atoms with Gasteiger partial charge in [-0.3, -0.25) is 4.79 Å². The molecule has 0 saturated heterocycles. The maximum atomic E-state index is 12.4. The first-order valence-electron chi connectivity index (χ1n) is 8.65. The molecule has 1 amide bonds. The number of amides is 1. The fraction of sp³-hybridized carbons (Fsp3) is 0.190. The van der Waals surface area contributed by atoms with Gasteiger partial charge in [-0.15, -0.1) is 0 Å². The lowest BCUT2D eigenvalue weighted by molar-refractivity contribution is -0.129. The fourth-order valence-electron chi connectivity index (χ4n) is 2.68. The maximum absolute atomic E-state index is 12.4. The zero-order chi connectivity index (χ0) is 20.1. The first-order valence-corrected chi connectivity index (χ1v) is 9.02. The van der Waals surface area contributed by atoms with Gasteiger partial charge in [-0.2, -0.15) is 0 Å². The summed E-state index contributed by atoms with van der Waals surface area (Å²) in [6.07, 6.45) is -0.943. The van der Waals surface area contributed by atoms with Crippen molar-refractivity contribution >= 4 is 34.4 Å². The van der Waals surface area contributed by atoms with E-state index in [-0.39, 0.29) is 6.54 Å². The molecule has 0 saturated carbocycles. The van der Waals surface area contributed by atoms with E-state index in [9.17, 15) is 9.59 Å². The van der Waals surface area contributed by atoms with Gasteiger partial charge in [0.25, 0.3) is 5.91 Å². The van der Waals surface area contributed by atoms with Gasteiger partial charge in [0.05, 0.1) is 18.2 Å². The van der Waals surface area contributed by atoms with Crippen LogP contribution < -0.4 is 10.1 Å². The van der Waals surface area contributed by atoms with E-state index in [1.807, 2.05) is 24.3 Å². The molecule has 0 radical (unpaired) electrons. The summed E-state index contributed by atoms with van der Waals surface area (Å²) < 4.78 is 10.5. The second kappa shape index (κ2) is 8.71. The normalized spacial score (nSPS) is 11.7. The van der Waals surface area contributed by atoms with Crippen molar-refractivity contribution in [3.05, 3.63) is 70.9 Å². The molecule has 3 rings (SSSR count). The van der Waals surface area contributed by atoms with E-state index in [1.165, 1.54) is 6.92 Å². The molecule has 0 aliphatic rings. The summed E-state index contributed by atoms with van der Waals surface area (Å²) in [6, 6.07) is 15.7. The van der Waals surface area contributed by atoms with Crippen molar-refractivity contribution < 1.29 is 19.1 Å². The summed E-state index contributed by atoms with van der Waals surface area (Å²) in [5.41, 5.74) is 1.84. The Bertz CT molecular complexity index is 1020. The number of esters is 1. The Morgan fingerprint density at radius 1 is 1.14 bits per heavy atom. The fourth-order valence-corrected chi connectivity index (χ4v) is 2.84. The number of rotatable bonds is 6. The van der Waals surface area contributed by atoms with Gasteiger partial charge in [0, 0.05) is 17.5 Å². The second-order valence-electron chi connectivity index (χ2n) is 6.12. The Morgan fingerprint density at radius 3 is 2.71 bits per heavy atom. The number of nitrogens with zero attached hydrogens (tertiary/aromatic N) is 1. The van der Waals surface area contributed by atoms with Gasteiger partial charge in [0.2, 0.25) is 0 Å². The van der Waals surface area contributed by atoms with Crippen LogP contribution in [0, 0.1) is 0 Å². The van der Waals surface area contributed by atoms with E-state index < -0.39 is 18.0 Å². The van der Waals surface area contributed by atoms with Crippen LogP contribution >= 0.6 is 11.6 Å². The summed E-state index contributed by atoms with van der Waals surface area (Å²) in [4.78, 5) is 28.8. The van der Waals surface area contributed by atoms with Crippen LogP contribution in [-0.2, 0) is 16.1 Å². The second-order valence-corrected chi connectivity index (χ2v) is 6.51. The van der Waals surface area contributed by atoms with Crippen LogP contribution in [0.2, 0.25) is 5.15 Å². The van der Waals surface area contributed by atoms with Crippen molar-refractivity contribution in [2.24, 2.45) is 0 Å². The van der Waals surface area contributed by atoms with Crippen LogP contribution in [0.4, 0.5) is 0 Å². The first-order chi connectivity index (χ1) is 13.5. The van der Waals surface area contributed by atoms with Crippen molar-refractivity contribution in [1.29, 1.82) is 0 Å². The van der Waals surface area contributed by atoms with Crippen molar-refractivity contribution in [1.82, 2.24) is 10.3 Å². The van der Waals surface area contributed by atoms with Gasteiger partial charge in [-0.25, -0.2) is 9.78 Å². The molecule has 144 valence electrons. The van der Waals surface area contributed by atoms with Crippen LogP contribution in [0.5, 0.6) is 5.75 Å². The molecule has 0 aliphatic carbocycles. The Kier molecular flexibility index (Phi) is 6.11. The predicted octanol–water partition coefficient (Wildman–Crippen LogP) is 3.76. The van der Waals surface area contributed by atoms with Gasteiger partial charge < -0.3 is 14.8 Å². The minimum absolute atomic E-state index is 0.271. The van der Waals surface area contributed by atoms with Gasteiger partial charge in [0.1, 0.15) is 10.9 Å². The molecular formula is C21H19ClN2O4. The summed E-state index contributed by atoms with van der Waals surface area (Å²) in [7, 11) is 1.57. The number of para-hydroxylation sites is 1. The number of methoxy groups -OCH3 is 1. The summed E-state index contributed by atoms with van der Waals surface area (Å²) in [5.74, 6) is -0.303. The molecule has 1 heterocycles. The van der Waals surface area contributed by atoms with Crippen molar-refractivity contribution in [2.45, 2.75) is 19.6 Å². The number of fused-ring (bicyclic) bond motifs is 1. The van der Waals surface area contributed by atoms with Gasteiger partial charge in [0.15, 0.2) is 6.10 Å². The zero-order valence-electron chi connectivity index (χ0n) is 15.4. The zero-order valence-corrected chi connectivity index (χ0v) is 16.2. The molecule has 2 aromatic carbocycles. The summed E-state index contributed by atoms with van der Waals surface area (Å²) in [6.45, 7) is 1.80. The number of pyridine rings is 1. The van der Waals surface area contributed by atoms with E-state index >= 15 is 0 Å². The smallest absolute Gasteiger partial charge is 0.338 e. The van der Waals surface area contributed by atoms with Crippen molar-refractivity contribution in [3.63, 3.8) is 0 Å². The highest BCUT2D eigenvalue weighted by Crippen LogP contribution is 2.19. The average Bonchev–Trinajstić information content (AvgIpc) is 2.71. The standard InChI is InChI=1S/C21H19ClN2O4/c1-13(20(25)23-12-16-5-3-4-6-18(16)27-2)28-21(26)15-7-9-17-14(11-15)8-10-19(22)24-17/h3-11,13H,12H2,1-2H3,(H,23,25). The molecule has 0 spiro atoms. The van der Waals surface area contributed by atoms with E-state index in [4.69, 9.17) is 21.1 Å². The Hall–Kier alpha value is -3.12. The van der Waals surface area contributed by atoms with Crippen LogP contribution in [0.15, 0.2) is 54.6 Å². The van der Waals surface area contributed by atoms with Crippen LogP contribution in [0.25, 0.3) is 10.9 Å². The number of nitrogens with one attached hydrogen (secondary N) is 1. The summed E-state index contributed by atoms with van der Waals surface area (Å²) >= 11 is 5.86. The highest BCUT2D eigenvalue weighted by molar-refractivity contribution is 6.29. The number of aromatic nitrogens is 1.